The van der Waals surface area contributed by atoms with Crippen LogP contribution in [0.4, 0.5) is 17.6 Å². The first kappa shape index (κ1) is 21.3. The van der Waals surface area contributed by atoms with Crippen LogP contribution in [0.2, 0.25) is 0 Å². The SMILES string of the molecule is O=c1[nH]cc(-c2cc(C3C[C@H]3c3ccc4cnn(CC(F)(F)F)c4c3)c3ncc(F)n3n2)c(=O)[nH]1. The molecule has 13 heteroatoms. The number of alkyl halides is 3. The molecule has 178 valence electrons. The molecule has 0 radical (unpaired) electrons. The largest absolute Gasteiger partial charge is 0.408 e. The lowest BCUT2D eigenvalue weighted by molar-refractivity contribution is -0.141. The fourth-order valence-corrected chi connectivity index (χ4v) is 4.49. The van der Waals surface area contributed by atoms with E-state index in [1.807, 2.05) is 6.07 Å². The van der Waals surface area contributed by atoms with Crippen molar-refractivity contribution in [1.82, 2.24) is 34.3 Å². The van der Waals surface area contributed by atoms with Crippen LogP contribution in [0, 0.1) is 5.95 Å². The van der Waals surface area contributed by atoms with Crippen molar-refractivity contribution >= 4 is 16.6 Å². The molecule has 4 aromatic heterocycles. The van der Waals surface area contributed by atoms with Crippen LogP contribution in [0.1, 0.15) is 29.4 Å². The van der Waals surface area contributed by atoms with E-state index in [9.17, 15) is 27.2 Å². The number of rotatable bonds is 4. The lowest BCUT2D eigenvalue weighted by atomic mass is 10.0. The van der Waals surface area contributed by atoms with E-state index in [1.54, 1.807) is 18.2 Å². The minimum Gasteiger partial charge on any atom is -0.313 e. The first-order chi connectivity index (χ1) is 16.7. The van der Waals surface area contributed by atoms with Crippen molar-refractivity contribution in [2.75, 3.05) is 0 Å². The number of hydrogen-bond donors (Lipinski definition) is 2. The van der Waals surface area contributed by atoms with E-state index < -0.39 is 29.9 Å². The van der Waals surface area contributed by atoms with Crippen molar-refractivity contribution < 1.29 is 17.6 Å². The molecule has 6 rings (SSSR count). The van der Waals surface area contributed by atoms with Crippen LogP contribution in [-0.2, 0) is 6.54 Å². The Bertz CT molecular complexity index is 1730. The van der Waals surface area contributed by atoms with Crippen LogP contribution in [0.3, 0.4) is 0 Å². The molecule has 0 bridgehead atoms. The van der Waals surface area contributed by atoms with E-state index in [1.165, 1.54) is 12.4 Å². The van der Waals surface area contributed by atoms with Crippen molar-refractivity contribution in [3.63, 3.8) is 0 Å². The Kier molecular flexibility index (Phi) is 4.47. The van der Waals surface area contributed by atoms with E-state index in [4.69, 9.17) is 0 Å². The Morgan fingerprint density at radius 1 is 1.11 bits per heavy atom. The molecule has 4 heterocycles. The Morgan fingerprint density at radius 2 is 1.94 bits per heavy atom. The topological polar surface area (TPSA) is 114 Å². The van der Waals surface area contributed by atoms with Gasteiger partial charge in [0.15, 0.2) is 5.65 Å². The van der Waals surface area contributed by atoms with Gasteiger partial charge in [-0.3, -0.25) is 14.5 Å². The van der Waals surface area contributed by atoms with Gasteiger partial charge in [-0.05, 0) is 36.0 Å². The first-order valence-corrected chi connectivity index (χ1v) is 10.6. The number of imidazole rings is 1. The quantitative estimate of drug-likeness (QED) is 0.380. The zero-order valence-electron chi connectivity index (χ0n) is 17.7. The van der Waals surface area contributed by atoms with Crippen molar-refractivity contribution in [2.45, 2.75) is 31.0 Å². The standard InChI is InChI=1S/C22H15F4N7O2/c23-18-8-27-19-14(5-16(31-33(18)19)15-7-28-21(35)30-20(15)34)13-4-12(13)10-1-2-11-6-29-32(17(11)3-10)9-22(24,25)26/h1-3,5-8,12-13H,4,9H2,(H2,28,30,34,35)/t12-,13?/m0/s1. The molecule has 2 atom stereocenters. The number of nitrogens with one attached hydrogen (secondary N) is 2. The number of H-pyrrole nitrogens is 2. The van der Waals surface area contributed by atoms with Gasteiger partial charge in [0.2, 0.25) is 5.95 Å². The third kappa shape index (κ3) is 3.68. The van der Waals surface area contributed by atoms with Crippen LogP contribution in [-0.4, -0.2) is 40.5 Å². The molecule has 0 spiro atoms. The average Bonchev–Trinajstić information content (AvgIpc) is 3.38. The summed E-state index contributed by atoms with van der Waals surface area (Å²) < 4.78 is 55.1. The highest BCUT2D eigenvalue weighted by Gasteiger charge is 2.42. The van der Waals surface area contributed by atoms with Gasteiger partial charge >= 0.3 is 11.9 Å². The number of benzene rings is 1. The highest BCUT2D eigenvalue weighted by Crippen LogP contribution is 2.56. The number of aromatic amines is 2. The summed E-state index contributed by atoms with van der Waals surface area (Å²) in [7, 11) is 0. The molecule has 9 nitrogen and oxygen atoms in total. The van der Waals surface area contributed by atoms with Gasteiger partial charge in [-0.2, -0.15) is 32.3 Å². The van der Waals surface area contributed by atoms with Crippen molar-refractivity contribution in [2.24, 2.45) is 0 Å². The minimum atomic E-state index is -4.40. The highest BCUT2D eigenvalue weighted by molar-refractivity contribution is 5.80. The second-order valence-corrected chi connectivity index (χ2v) is 8.47. The first-order valence-electron chi connectivity index (χ1n) is 10.6. The van der Waals surface area contributed by atoms with E-state index in [0.29, 0.717) is 22.9 Å². The van der Waals surface area contributed by atoms with Gasteiger partial charge in [-0.15, -0.1) is 0 Å². The normalized spacial score (nSPS) is 17.9. The van der Waals surface area contributed by atoms with Crippen molar-refractivity contribution in [3.05, 3.63) is 80.8 Å². The molecule has 0 amide bonds. The molecule has 1 aliphatic carbocycles. The monoisotopic (exact) mass is 485 g/mol. The predicted molar refractivity (Wildman–Crippen MR) is 116 cm³/mol. The maximum atomic E-state index is 14.4. The third-order valence-corrected chi connectivity index (χ3v) is 6.17. The summed E-state index contributed by atoms with van der Waals surface area (Å²) in [4.78, 5) is 32.3. The number of hydrogen-bond acceptors (Lipinski definition) is 5. The summed E-state index contributed by atoms with van der Waals surface area (Å²) in [6.07, 6.45) is -0.141. The van der Waals surface area contributed by atoms with E-state index in [-0.39, 0.29) is 28.7 Å². The van der Waals surface area contributed by atoms with Gasteiger partial charge in [-0.1, -0.05) is 12.1 Å². The molecule has 1 aliphatic rings. The van der Waals surface area contributed by atoms with Crippen LogP contribution in [0.15, 0.2) is 52.4 Å². The molecular formula is C22H15F4N7O2. The Labute approximate surface area is 192 Å². The van der Waals surface area contributed by atoms with E-state index in [2.05, 4.69) is 25.1 Å². The van der Waals surface area contributed by atoms with Gasteiger partial charge in [-0.25, -0.2) is 9.78 Å². The maximum absolute atomic E-state index is 14.4. The van der Waals surface area contributed by atoms with Crippen LogP contribution in [0.25, 0.3) is 27.8 Å². The Balaban J connectivity index is 1.41. The molecule has 5 aromatic rings. The molecule has 1 fully saturated rings. The maximum Gasteiger partial charge on any atom is 0.408 e. The number of aromatic nitrogens is 7. The number of halogens is 4. The molecule has 2 N–H and O–H groups in total. The van der Waals surface area contributed by atoms with E-state index in [0.717, 1.165) is 21.0 Å². The molecule has 0 saturated heterocycles. The van der Waals surface area contributed by atoms with Crippen LogP contribution in [0.5, 0.6) is 0 Å². The third-order valence-electron chi connectivity index (χ3n) is 6.17. The average molecular weight is 485 g/mol. The summed E-state index contributed by atoms with van der Waals surface area (Å²) in [5.74, 6) is -0.903. The summed E-state index contributed by atoms with van der Waals surface area (Å²) in [5.41, 5.74) is 0.941. The summed E-state index contributed by atoms with van der Waals surface area (Å²) in [5, 5.41) is 8.61. The predicted octanol–water partition coefficient (Wildman–Crippen LogP) is 3.10. The van der Waals surface area contributed by atoms with Crippen molar-refractivity contribution in [1.29, 1.82) is 0 Å². The van der Waals surface area contributed by atoms with Gasteiger partial charge in [0.1, 0.15) is 6.54 Å². The fraction of sp³-hybridized carbons (Fsp3) is 0.227. The number of fused-ring (bicyclic) bond motifs is 2. The molecule has 1 aromatic carbocycles. The minimum absolute atomic E-state index is 0.0514. The Hall–Kier alpha value is -4.29. The summed E-state index contributed by atoms with van der Waals surface area (Å²) in [6, 6.07) is 6.88. The van der Waals surface area contributed by atoms with Crippen molar-refractivity contribution in [3.8, 4) is 11.3 Å². The summed E-state index contributed by atoms with van der Waals surface area (Å²) in [6.45, 7) is -1.19. The second-order valence-electron chi connectivity index (χ2n) is 8.47. The van der Waals surface area contributed by atoms with Gasteiger partial charge in [0.05, 0.1) is 29.2 Å². The molecular weight excluding hydrogens is 470 g/mol. The molecule has 1 unspecified atom stereocenters. The number of nitrogens with zero attached hydrogens (tertiary/aromatic N) is 5. The van der Waals surface area contributed by atoms with Gasteiger partial charge < -0.3 is 4.98 Å². The Morgan fingerprint density at radius 3 is 2.71 bits per heavy atom. The lowest BCUT2D eigenvalue weighted by Gasteiger charge is -2.09. The summed E-state index contributed by atoms with van der Waals surface area (Å²) >= 11 is 0. The van der Waals surface area contributed by atoms with Gasteiger partial charge in [0.25, 0.3) is 5.56 Å². The second kappa shape index (κ2) is 7.35. The molecule has 1 saturated carbocycles. The molecule has 0 aliphatic heterocycles. The van der Waals surface area contributed by atoms with Crippen LogP contribution < -0.4 is 11.2 Å². The fourth-order valence-electron chi connectivity index (χ4n) is 4.49. The van der Waals surface area contributed by atoms with E-state index >= 15 is 0 Å². The zero-order chi connectivity index (χ0) is 24.5. The molecule has 35 heavy (non-hydrogen) atoms. The smallest absolute Gasteiger partial charge is 0.313 e. The van der Waals surface area contributed by atoms with Gasteiger partial charge in [0, 0.05) is 17.1 Å². The zero-order valence-corrected chi connectivity index (χ0v) is 17.7. The lowest BCUT2D eigenvalue weighted by Crippen LogP contribution is -2.23. The highest BCUT2D eigenvalue weighted by atomic mass is 19.4. The van der Waals surface area contributed by atoms with Crippen LogP contribution >= 0.6 is 0 Å².